The number of hydrogen-bond donors (Lipinski definition) is 4. The fourth-order valence-electron chi connectivity index (χ4n) is 6.87. The minimum Gasteiger partial charge on any atom is -0.461 e. The summed E-state index contributed by atoms with van der Waals surface area (Å²) in [6, 6.07) is 14.2. The van der Waals surface area contributed by atoms with Crippen molar-refractivity contribution in [2.24, 2.45) is 17.6 Å². The number of esters is 1. The summed E-state index contributed by atoms with van der Waals surface area (Å²) in [7, 11) is 4.58. The van der Waals surface area contributed by atoms with Gasteiger partial charge in [0.15, 0.2) is 6.17 Å². The number of piperidine rings is 1. The van der Waals surface area contributed by atoms with Gasteiger partial charge in [0.25, 0.3) is 5.91 Å². The molecular weight excluding hydrogens is 702 g/mol. The smallest absolute Gasteiger partial charge is 0.308 e. The Hall–Kier alpha value is -4.82. The Morgan fingerprint density at radius 3 is 1.93 bits per heavy atom. The lowest BCUT2D eigenvalue weighted by Crippen LogP contribution is -2.62. The van der Waals surface area contributed by atoms with Gasteiger partial charge in [-0.25, -0.2) is 0 Å². The van der Waals surface area contributed by atoms with Crippen LogP contribution in [-0.2, 0) is 46.5 Å². The highest BCUT2D eigenvalue weighted by Gasteiger charge is 2.40. The predicted molar refractivity (Wildman–Crippen MR) is 210 cm³/mol. The third-order valence-corrected chi connectivity index (χ3v) is 10.3. The Morgan fingerprint density at radius 1 is 0.800 bits per heavy atom. The van der Waals surface area contributed by atoms with E-state index >= 15 is 0 Å². The van der Waals surface area contributed by atoms with Crippen LogP contribution in [0.5, 0.6) is 0 Å². The monoisotopic (exact) mass is 763 g/mol. The number of ether oxygens (including phenoxy) is 1. The third-order valence-electron chi connectivity index (χ3n) is 10.3. The molecule has 2 aromatic carbocycles. The van der Waals surface area contributed by atoms with Gasteiger partial charge in [0.1, 0.15) is 24.7 Å². The molecule has 302 valence electrons. The van der Waals surface area contributed by atoms with E-state index in [-0.39, 0.29) is 25.4 Å². The second-order valence-corrected chi connectivity index (χ2v) is 14.7. The third kappa shape index (κ3) is 12.9. The van der Waals surface area contributed by atoms with E-state index in [1.165, 1.54) is 23.9 Å². The lowest BCUT2D eigenvalue weighted by molar-refractivity contribution is -0.152. The molecule has 1 aliphatic heterocycles. The summed E-state index contributed by atoms with van der Waals surface area (Å²) in [5, 5.41) is 8.35. The van der Waals surface area contributed by atoms with Crippen molar-refractivity contribution < 1.29 is 33.5 Å². The second kappa shape index (κ2) is 21.9. The first-order valence-corrected chi connectivity index (χ1v) is 19.3. The molecule has 2 aromatic rings. The van der Waals surface area contributed by atoms with Crippen LogP contribution in [0.15, 0.2) is 60.7 Å². The summed E-state index contributed by atoms with van der Waals surface area (Å²) in [4.78, 5) is 86.5. The Balaban J connectivity index is 1.86. The van der Waals surface area contributed by atoms with Gasteiger partial charge in [0.2, 0.25) is 23.6 Å². The summed E-state index contributed by atoms with van der Waals surface area (Å²) in [5.41, 5.74) is 7.78. The lowest BCUT2D eigenvalue weighted by atomic mass is 9.97. The van der Waals surface area contributed by atoms with Gasteiger partial charge < -0.3 is 41.1 Å². The first kappa shape index (κ1) is 44.6. The molecule has 1 heterocycles. The maximum Gasteiger partial charge on any atom is 0.308 e. The van der Waals surface area contributed by atoms with E-state index < -0.39 is 71.8 Å². The maximum absolute atomic E-state index is 14.5. The number of nitrogens with one attached hydrogen (secondary N) is 3. The van der Waals surface area contributed by atoms with Crippen molar-refractivity contribution in [2.45, 2.75) is 103 Å². The van der Waals surface area contributed by atoms with Gasteiger partial charge in [0.05, 0.1) is 12.5 Å². The van der Waals surface area contributed by atoms with Crippen molar-refractivity contribution in [3.63, 3.8) is 0 Å². The molecule has 0 bridgehead atoms. The standard InChI is InChI=1S/C41H61N7O7/c1-8-28(4)34(43-5)37(50)45-36(42)41(54)46(6)32(24-29-18-12-9-13-19-29)40(53)47(7)35(27(2)3)38(51)44-31(39(52)48-22-16-11-17-23-48)25-33(49)55-26-30-20-14-10-15-21-30/h9-10,12-15,18-21,27-28,31-32,34-36,43H,8,11,16-17,22-26,42H2,1-7H3,(H,44,51)(H,45,50)/t28?,31?,32?,34-,35-,36+/m0/s1. The van der Waals surface area contributed by atoms with Crippen LogP contribution in [0.4, 0.5) is 0 Å². The number of nitrogens with zero attached hydrogens (tertiary/aromatic N) is 3. The molecule has 3 unspecified atom stereocenters. The number of carbonyl (C=O) groups excluding carboxylic acids is 6. The van der Waals surface area contributed by atoms with Crippen molar-refractivity contribution in [1.29, 1.82) is 0 Å². The molecule has 1 saturated heterocycles. The van der Waals surface area contributed by atoms with Crippen molar-refractivity contribution >= 4 is 35.5 Å². The van der Waals surface area contributed by atoms with Crippen LogP contribution in [-0.4, -0.2) is 115 Å². The average molecular weight is 764 g/mol. The molecule has 55 heavy (non-hydrogen) atoms. The molecule has 14 nitrogen and oxygen atoms in total. The van der Waals surface area contributed by atoms with Gasteiger partial charge in [0, 0.05) is 33.6 Å². The Kier molecular flexibility index (Phi) is 17.8. The minimum atomic E-state index is -1.44. The fraction of sp³-hybridized carbons (Fsp3) is 0.561. The highest BCUT2D eigenvalue weighted by atomic mass is 16.5. The van der Waals surface area contributed by atoms with Gasteiger partial charge >= 0.3 is 5.97 Å². The van der Waals surface area contributed by atoms with Crippen molar-refractivity contribution in [1.82, 2.24) is 30.7 Å². The molecule has 6 atom stereocenters. The Labute approximate surface area is 325 Å². The van der Waals surface area contributed by atoms with Crippen molar-refractivity contribution in [3.05, 3.63) is 71.8 Å². The topological polar surface area (TPSA) is 183 Å². The fourth-order valence-corrected chi connectivity index (χ4v) is 6.87. The average Bonchev–Trinajstić information content (AvgIpc) is 3.18. The molecule has 5 N–H and O–H groups in total. The van der Waals surface area contributed by atoms with Crippen LogP contribution >= 0.6 is 0 Å². The molecule has 3 rings (SSSR count). The second-order valence-electron chi connectivity index (χ2n) is 14.7. The molecule has 5 amide bonds. The van der Waals surface area contributed by atoms with Crippen LogP contribution in [0, 0.1) is 11.8 Å². The summed E-state index contributed by atoms with van der Waals surface area (Å²) in [6.07, 6.45) is 1.59. The number of carbonyl (C=O) groups is 6. The van der Waals surface area contributed by atoms with Gasteiger partial charge in [-0.15, -0.1) is 0 Å². The Morgan fingerprint density at radius 2 is 1.38 bits per heavy atom. The number of likely N-dealkylation sites (N-methyl/N-ethyl adjacent to an activating group) is 3. The van der Waals surface area contributed by atoms with E-state index in [9.17, 15) is 28.8 Å². The zero-order valence-corrected chi connectivity index (χ0v) is 33.5. The summed E-state index contributed by atoms with van der Waals surface area (Å²) in [6.45, 7) is 8.43. The maximum atomic E-state index is 14.5. The highest BCUT2D eigenvalue weighted by Crippen LogP contribution is 2.19. The van der Waals surface area contributed by atoms with Gasteiger partial charge in [-0.1, -0.05) is 94.8 Å². The van der Waals surface area contributed by atoms with Gasteiger partial charge in [-0.2, -0.15) is 0 Å². The van der Waals surface area contributed by atoms with Crippen LogP contribution in [0.3, 0.4) is 0 Å². The summed E-state index contributed by atoms with van der Waals surface area (Å²) in [5.74, 6) is -3.83. The van der Waals surface area contributed by atoms with Crippen LogP contribution in [0.2, 0.25) is 0 Å². The van der Waals surface area contributed by atoms with Crippen molar-refractivity contribution in [2.75, 3.05) is 34.2 Å². The minimum absolute atomic E-state index is 0.0143. The highest BCUT2D eigenvalue weighted by molar-refractivity contribution is 5.96. The number of nitrogens with two attached hydrogens (primary N) is 1. The molecule has 1 fully saturated rings. The zero-order valence-electron chi connectivity index (χ0n) is 33.5. The van der Waals surface area contributed by atoms with E-state index in [2.05, 4.69) is 16.0 Å². The zero-order chi connectivity index (χ0) is 40.7. The first-order chi connectivity index (χ1) is 26.2. The van der Waals surface area contributed by atoms with E-state index in [4.69, 9.17) is 10.5 Å². The number of likely N-dealkylation sites (tertiary alicyclic amines) is 1. The molecule has 0 aromatic heterocycles. The van der Waals surface area contributed by atoms with Crippen LogP contribution in [0.25, 0.3) is 0 Å². The first-order valence-electron chi connectivity index (χ1n) is 19.3. The molecule has 0 saturated carbocycles. The number of amides is 5. The molecular formula is C41H61N7O7. The number of benzene rings is 2. The number of rotatable bonds is 19. The molecule has 1 aliphatic rings. The predicted octanol–water partition coefficient (Wildman–Crippen LogP) is 2.21. The van der Waals surface area contributed by atoms with Crippen LogP contribution in [0.1, 0.15) is 70.9 Å². The molecule has 0 radical (unpaired) electrons. The molecule has 0 spiro atoms. The van der Waals surface area contributed by atoms with Crippen molar-refractivity contribution in [3.8, 4) is 0 Å². The largest absolute Gasteiger partial charge is 0.461 e. The van der Waals surface area contributed by atoms with E-state index in [0.717, 1.165) is 36.8 Å². The van der Waals surface area contributed by atoms with Gasteiger partial charge in [-0.3, -0.25) is 28.8 Å². The molecule has 0 aliphatic carbocycles. The summed E-state index contributed by atoms with van der Waals surface area (Å²) < 4.78 is 5.49. The SMILES string of the molecule is CCC(C)[C@H](NC)C(=O)N[C@@H](N)C(=O)N(C)C(Cc1ccccc1)C(=O)N(C)[C@H](C(=O)NC(CC(=O)OCc1ccccc1)C(=O)N1CCCCC1)C(C)C. The van der Waals surface area contributed by atoms with Gasteiger partial charge in [-0.05, 0) is 49.3 Å². The molecule has 14 heteroatoms. The lowest BCUT2D eigenvalue weighted by Gasteiger charge is -2.37. The Bertz CT molecular complexity index is 1570. The van der Waals surface area contributed by atoms with E-state index in [1.807, 2.05) is 74.5 Å². The van der Waals surface area contributed by atoms with Crippen LogP contribution < -0.4 is 21.7 Å². The van der Waals surface area contributed by atoms with E-state index in [1.54, 1.807) is 25.8 Å². The normalized spacial score (nSPS) is 16.1. The number of hydrogen-bond acceptors (Lipinski definition) is 9. The van der Waals surface area contributed by atoms with E-state index in [0.29, 0.717) is 13.1 Å². The quantitative estimate of drug-likeness (QED) is 0.123. The summed E-state index contributed by atoms with van der Waals surface area (Å²) >= 11 is 0.